The number of rotatable bonds is 6. The quantitative estimate of drug-likeness (QED) is 0.236. The maximum absolute atomic E-state index is 13.8. The molecular formula is C13H14Cl3F3NO2+. The fourth-order valence-electron chi connectivity index (χ4n) is 2.09. The molecule has 0 aliphatic rings. The lowest BCUT2D eigenvalue weighted by atomic mass is 9.91. The largest absolute Gasteiger partial charge is 0.333 e. The van der Waals surface area contributed by atoms with Gasteiger partial charge < -0.3 is 0 Å². The summed E-state index contributed by atoms with van der Waals surface area (Å²) in [7, 11) is 2.49. The van der Waals surface area contributed by atoms with E-state index in [1.54, 1.807) is 0 Å². The number of hydrogen-bond acceptors (Lipinski definition) is 2. The zero-order valence-corrected chi connectivity index (χ0v) is 14.2. The van der Waals surface area contributed by atoms with E-state index in [9.17, 15) is 18.0 Å². The SMILES string of the molecule is CO[N+](C)(C=O)C(C)C(c1c(Cl)cc(Cl)c(F)c1Cl)C(F)F. The van der Waals surface area contributed by atoms with Crippen molar-refractivity contribution in [2.24, 2.45) is 0 Å². The summed E-state index contributed by atoms with van der Waals surface area (Å²) in [4.78, 5) is 16.2. The normalized spacial score (nSPS) is 17.2. The fraction of sp³-hybridized carbons (Fsp3) is 0.462. The third kappa shape index (κ3) is 3.51. The summed E-state index contributed by atoms with van der Waals surface area (Å²) in [6.07, 6.45) is -2.60. The molecule has 0 fully saturated rings. The van der Waals surface area contributed by atoms with Gasteiger partial charge in [0.2, 0.25) is 0 Å². The number of quaternary nitrogens is 1. The number of nitrogens with zero attached hydrogens (tertiary/aromatic N) is 1. The zero-order chi connectivity index (χ0) is 17.2. The Morgan fingerprint density at radius 1 is 1.27 bits per heavy atom. The molecule has 0 aromatic heterocycles. The molecule has 0 N–H and O–H groups in total. The monoisotopic (exact) mass is 378 g/mol. The first-order valence-electron chi connectivity index (χ1n) is 6.09. The molecule has 1 rings (SSSR count). The number of hydrogen-bond donors (Lipinski definition) is 0. The van der Waals surface area contributed by atoms with E-state index in [1.807, 2.05) is 0 Å². The summed E-state index contributed by atoms with van der Waals surface area (Å²) in [5, 5.41) is -1.18. The smallest absolute Gasteiger partial charge is 0.231 e. The van der Waals surface area contributed by atoms with E-state index in [2.05, 4.69) is 0 Å². The van der Waals surface area contributed by atoms with Crippen LogP contribution in [0.4, 0.5) is 13.2 Å². The Balaban J connectivity index is 3.53. The van der Waals surface area contributed by atoms with Crippen LogP contribution < -0.4 is 0 Å². The highest BCUT2D eigenvalue weighted by Crippen LogP contribution is 2.42. The van der Waals surface area contributed by atoms with Crippen molar-refractivity contribution in [3.05, 3.63) is 32.5 Å². The molecule has 0 saturated heterocycles. The van der Waals surface area contributed by atoms with Gasteiger partial charge in [-0.1, -0.05) is 34.8 Å². The summed E-state index contributed by atoms with van der Waals surface area (Å²) in [6.45, 7) is 1.36. The molecule has 1 aromatic carbocycles. The van der Waals surface area contributed by atoms with Gasteiger partial charge in [-0.15, -0.1) is 4.65 Å². The minimum atomic E-state index is -2.96. The van der Waals surface area contributed by atoms with E-state index < -0.39 is 33.9 Å². The van der Waals surface area contributed by atoms with Crippen molar-refractivity contribution >= 4 is 41.2 Å². The van der Waals surface area contributed by atoms with Gasteiger partial charge in [0.25, 0.3) is 6.43 Å². The van der Waals surface area contributed by atoms with Gasteiger partial charge in [-0.05, 0) is 13.0 Å². The lowest BCUT2D eigenvalue weighted by Crippen LogP contribution is -2.52. The molecule has 0 heterocycles. The van der Waals surface area contributed by atoms with Gasteiger partial charge in [-0.25, -0.2) is 18.0 Å². The first-order chi connectivity index (χ1) is 10.1. The summed E-state index contributed by atoms with van der Waals surface area (Å²) in [5.41, 5.74) is -0.309. The van der Waals surface area contributed by atoms with Crippen LogP contribution in [0.2, 0.25) is 15.1 Å². The lowest BCUT2D eigenvalue weighted by molar-refractivity contribution is -1.04. The lowest BCUT2D eigenvalue weighted by Gasteiger charge is -2.34. The molecule has 3 atom stereocenters. The second-order valence-corrected chi connectivity index (χ2v) is 6.02. The van der Waals surface area contributed by atoms with E-state index in [4.69, 9.17) is 39.6 Å². The van der Waals surface area contributed by atoms with Crippen molar-refractivity contribution in [3.63, 3.8) is 0 Å². The van der Waals surface area contributed by atoms with Gasteiger partial charge in [0, 0.05) is 10.6 Å². The van der Waals surface area contributed by atoms with Crippen molar-refractivity contribution in [1.29, 1.82) is 0 Å². The summed E-state index contributed by atoms with van der Waals surface area (Å²) in [5.74, 6) is -2.68. The Labute approximate surface area is 141 Å². The number of benzene rings is 1. The number of carbonyl (C=O) groups excluding carboxylic acids is 1. The zero-order valence-electron chi connectivity index (χ0n) is 11.9. The first-order valence-corrected chi connectivity index (χ1v) is 7.23. The van der Waals surface area contributed by atoms with E-state index >= 15 is 0 Å². The standard InChI is InChI=1S/C13H14Cl3F3NO2/c1-6(20(2,5-21)22-3)9(13(18)19)10-7(14)4-8(15)12(17)11(10)16/h4-6,9,13H,1-3H3/q+1. The van der Waals surface area contributed by atoms with Crippen molar-refractivity contribution in [3.8, 4) is 0 Å². The van der Waals surface area contributed by atoms with E-state index in [1.165, 1.54) is 21.1 Å². The summed E-state index contributed by atoms with van der Waals surface area (Å²) >= 11 is 17.3. The van der Waals surface area contributed by atoms with Crippen LogP contribution in [0.15, 0.2) is 6.07 Å². The molecule has 3 nitrogen and oxygen atoms in total. The molecule has 0 saturated carbocycles. The summed E-state index contributed by atoms with van der Waals surface area (Å²) < 4.78 is 40.2. The molecule has 0 bridgehead atoms. The third-order valence-electron chi connectivity index (χ3n) is 3.69. The van der Waals surface area contributed by atoms with Crippen LogP contribution in [0, 0.1) is 5.82 Å². The van der Waals surface area contributed by atoms with Gasteiger partial charge in [-0.2, -0.15) is 4.84 Å². The predicted octanol–water partition coefficient (Wildman–Crippen LogP) is 4.69. The van der Waals surface area contributed by atoms with Crippen molar-refractivity contribution in [2.45, 2.75) is 25.3 Å². The van der Waals surface area contributed by atoms with Gasteiger partial charge in [-0.3, -0.25) is 0 Å². The predicted molar refractivity (Wildman–Crippen MR) is 78.9 cm³/mol. The Kier molecular flexibility index (Phi) is 6.53. The molecule has 1 amide bonds. The molecule has 3 unspecified atom stereocenters. The molecular weight excluding hydrogens is 366 g/mol. The average Bonchev–Trinajstić information content (AvgIpc) is 2.47. The van der Waals surface area contributed by atoms with E-state index in [0.717, 1.165) is 6.07 Å². The van der Waals surface area contributed by atoms with Crippen LogP contribution in [0.1, 0.15) is 18.4 Å². The van der Waals surface area contributed by atoms with Crippen molar-refractivity contribution < 1.29 is 27.4 Å². The topological polar surface area (TPSA) is 26.3 Å². The molecule has 1 aromatic rings. The number of hydroxylamine groups is 3. The minimum Gasteiger partial charge on any atom is -0.231 e. The van der Waals surface area contributed by atoms with Crippen LogP contribution in [0.25, 0.3) is 0 Å². The van der Waals surface area contributed by atoms with Gasteiger partial charge in [0.15, 0.2) is 5.82 Å². The van der Waals surface area contributed by atoms with Crippen molar-refractivity contribution in [2.75, 3.05) is 14.2 Å². The van der Waals surface area contributed by atoms with Crippen LogP contribution >= 0.6 is 34.8 Å². The Morgan fingerprint density at radius 2 is 1.82 bits per heavy atom. The minimum absolute atomic E-state index is 0.206. The van der Waals surface area contributed by atoms with E-state index in [0.29, 0.717) is 6.41 Å². The average molecular weight is 380 g/mol. The highest BCUT2D eigenvalue weighted by Gasteiger charge is 2.44. The summed E-state index contributed by atoms with van der Waals surface area (Å²) in [6, 6.07) is -0.0853. The first kappa shape index (κ1) is 19.5. The molecule has 9 heteroatoms. The Morgan fingerprint density at radius 3 is 2.23 bits per heavy atom. The Bertz CT molecular complexity index is 574. The second kappa shape index (κ2) is 7.36. The maximum Gasteiger partial charge on any atom is 0.333 e. The van der Waals surface area contributed by atoms with Gasteiger partial charge in [0.05, 0.1) is 17.2 Å². The number of carbonyl (C=O) groups is 1. The number of amides is 1. The maximum atomic E-state index is 13.8. The molecule has 0 aliphatic heterocycles. The molecule has 22 heavy (non-hydrogen) atoms. The number of likely N-dealkylation sites (N-methyl/N-ethyl adjacent to an activating group) is 1. The van der Waals surface area contributed by atoms with Crippen LogP contribution in [-0.4, -0.2) is 37.7 Å². The van der Waals surface area contributed by atoms with Crippen LogP contribution in [0.5, 0.6) is 0 Å². The highest BCUT2D eigenvalue weighted by atomic mass is 35.5. The van der Waals surface area contributed by atoms with Gasteiger partial charge >= 0.3 is 6.41 Å². The fourth-order valence-corrected chi connectivity index (χ4v) is 3.10. The van der Waals surface area contributed by atoms with Crippen LogP contribution in [0.3, 0.4) is 0 Å². The van der Waals surface area contributed by atoms with Crippen molar-refractivity contribution in [1.82, 2.24) is 0 Å². The second-order valence-electron chi connectivity index (χ2n) is 4.83. The molecule has 0 spiro atoms. The number of halogens is 6. The van der Waals surface area contributed by atoms with Crippen LogP contribution in [-0.2, 0) is 9.63 Å². The molecule has 0 aliphatic carbocycles. The van der Waals surface area contributed by atoms with E-state index in [-0.39, 0.29) is 15.6 Å². The van der Waals surface area contributed by atoms with Gasteiger partial charge in [0.1, 0.15) is 19.0 Å². The number of alkyl halides is 2. The Hall–Kier alpha value is -0.530. The third-order valence-corrected chi connectivity index (χ3v) is 4.64. The highest BCUT2D eigenvalue weighted by molar-refractivity contribution is 6.39. The molecule has 0 radical (unpaired) electrons. The molecule has 124 valence electrons.